The van der Waals surface area contributed by atoms with Crippen LogP contribution in [-0.4, -0.2) is 4.98 Å². The van der Waals surface area contributed by atoms with E-state index in [-0.39, 0.29) is 11.1 Å². The zero-order valence-electron chi connectivity index (χ0n) is 20.2. The molecule has 6 aromatic rings. The Labute approximate surface area is 164 Å². The number of pyridine rings is 1. The molecule has 0 unspecified atom stereocenters. The third-order valence-corrected chi connectivity index (χ3v) is 5.34. The highest BCUT2D eigenvalue weighted by atomic mass is 16.3. The molecule has 2 aromatic heterocycles. The fourth-order valence-electron chi connectivity index (χ4n) is 4.19. The van der Waals surface area contributed by atoms with E-state index < -0.39 is 13.7 Å². The molecule has 0 saturated carbocycles. The van der Waals surface area contributed by atoms with Gasteiger partial charge in [0.25, 0.3) is 0 Å². The highest BCUT2D eigenvalue weighted by molar-refractivity contribution is 6.34. The van der Waals surface area contributed by atoms with Gasteiger partial charge in [-0.15, -0.1) is 0 Å². The molecule has 0 aliphatic rings. The lowest BCUT2D eigenvalue weighted by Gasteiger charge is -2.13. The summed E-state index contributed by atoms with van der Waals surface area (Å²) in [5.41, 5.74) is 1.47. The third kappa shape index (κ3) is 1.82. The van der Waals surface area contributed by atoms with Gasteiger partial charge in [0, 0.05) is 41.4 Å². The van der Waals surface area contributed by atoms with Crippen molar-refractivity contribution in [1.82, 2.24) is 4.98 Å². The summed E-state index contributed by atoms with van der Waals surface area (Å²) in [6.45, 7) is -5.26. The summed E-state index contributed by atoms with van der Waals surface area (Å²) < 4.78 is 54.8. The minimum Gasteiger partial charge on any atom is -0.456 e. The second kappa shape index (κ2) is 5.08. The molecule has 6 rings (SSSR count). The van der Waals surface area contributed by atoms with Gasteiger partial charge in [0.15, 0.2) is 0 Å². The van der Waals surface area contributed by atoms with Crippen molar-refractivity contribution >= 4 is 54.4 Å². The summed E-state index contributed by atoms with van der Waals surface area (Å²) in [5, 5.41) is 5.28. The Morgan fingerprint density at radius 1 is 0.704 bits per heavy atom. The van der Waals surface area contributed by atoms with Gasteiger partial charge in [-0.05, 0) is 53.8 Å². The molecule has 0 N–H and O–H groups in total. The first-order chi connectivity index (χ1) is 15.7. The molecule has 0 aliphatic heterocycles. The van der Waals surface area contributed by atoms with Gasteiger partial charge in [0.05, 0.1) is 5.52 Å². The first-order valence-electron chi connectivity index (χ1n) is 11.7. The molecule has 0 spiro atoms. The number of fused-ring (bicyclic) bond motifs is 10. The van der Waals surface area contributed by atoms with E-state index in [4.69, 9.17) is 12.6 Å². The zero-order valence-corrected chi connectivity index (χ0v) is 14.2. The van der Waals surface area contributed by atoms with Crippen LogP contribution < -0.4 is 0 Å². The largest absolute Gasteiger partial charge is 0.456 e. The average molecular weight is 353 g/mol. The van der Waals surface area contributed by atoms with Crippen LogP contribution in [0.2, 0.25) is 0 Å². The van der Waals surface area contributed by atoms with Crippen molar-refractivity contribution in [1.29, 1.82) is 0 Å². The number of rotatable bonds is 0. The van der Waals surface area contributed by atoms with Gasteiger partial charge in [-0.25, -0.2) is 0 Å². The first-order valence-corrected chi connectivity index (χ1v) is 8.74. The molecule has 27 heavy (non-hydrogen) atoms. The van der Waals surface area contributed by atoms with E-state index >= 15 is 0 Å². The van der Waals surface area contributed by atoms with Crippen LogP contribution in [0.5, 0.6) is 0 Å². The maximum Gasteiger partial charge on any atom is 0.136 e. The number of nitrogens with zero attached hydrogens (tertiary/aromatic N) is 1. The molecule has 0 atom stereocenters. The fourth-order valence-corrected chi connectivity index (χ4v) is 4.19. The Hall–Kier alpha value is -3.39. The van der Waals surface area contributed by atoms with Gasteiger partial charge in [-0.3, -0.25) is 4.98 Å². The van der Waals surface area contributed by atoms with Crippen LogP contribution in [0.15, 0.2) is 71.3 Å². The molecule has 2 heterocycles. The number of aromatic nitrogens is 1. The maximum absolute atomic E-state index is 8.26. The molecule has 2 nitrogen and oxygen atoms in total. The highest BCUT2D eigenvalue weighted by Gasteiger charge is 2.17. The quantitative estimate of drug-likeness (QED) is 0.273. The molecule has 2 heteroatoms. The number of hydrogen-bond acceptors (Lipinski definition) is 2. The predicted octanol–water partition coefficient (Wildman–Crippen LogP) is 7.06. The van der Waals surface area contributed by atoms with Crippen LogP contribution in [0, 0.1) is 13.7 Å². The predicted molar refractivity (Wildman–Crippen MR) is 114 cm³/mol. The summed E-state index contributed by atoms with van der Waals surface area (Å²) in [4.78, 5) is 4.50. The molecule has 0 amide bonds. The second-order valence-corrected chi connectivity index (χ2v) is 6.78. The molecule has 0 bridgehead atoms. The minimum absolute atomic E-state index is 0.171. The van der Waals surface area contributed by atoms with E-state index in [2.05, 4.69) is 4.98 Å². The van der Waals surface area contributed by atoms with Crippen molar-refractivity contribution in [3.05, 3.63) is 78.0 Å². The Kier molecular flexibility index (Phi) is 1.89. The van der Waals surface area contributed by atoms with Crippen molar-refractivity contribution in [3.63, 3.8) is 0 Å². The molecule has 0 fully saturated rings. The molecule has 0 aliphatic carbocycles. The molecule has 4 aromatic carbocycles. The molecular formula is C25H17NO. The number of furan rings is 1. The van der Waals surface area contributed by atoms with E-state index in [9.17, 15) is 0 Å². The Morgan fingerprint density at radius 3 is 2.37 bits per heavy atom. The summed E-state index contributed by atoms with van der Waals surface area (Å²) in [5.74, 6) is 0. The van der Waals surface area contributed by atoms with Crippen molar-refractivity contribution in [3.8, 4) is 0 Å². The number of para-hydroxylation sites is 1. The zero-order chi connectivity index (χ0) is 23.1. The van der Waals surface area contributed by atoms with Gasteiger partial charge in [-0.1, -0.05) is 42.5 Å². The van der Waals surface area contributed by atoms with Crippen LogP contribution in [0.3, 0.4) is 0 Å². The first kappa shape index (κ1) is 10.1. The van der Waals surface area contributed by atoms with E-state index in [1.807, 2.05) is 60.7 Å². The summed E-state index contributed by atoms with van der Waals surface area (Å²) >= 11 is 0. The summed E-state index contributed by atoms with van der Waals surface area (Å²) in [7, 11) is 0. The number of aryl methyl sites for hydroxylation is 2. The Bertz CT molecular complexity index is 1740. The van der Waals surface area contributed by atoms with Gasteiger partial charge in [0.1, 0.15) is 11.2 Å². The Morgan fingerprint density at radius 2 is 1.52 bits per heavy atom. The monoisotopic (exact) mass is 353 g/mol. The number of hydrogen-bond donors (Lipinski definition) is 0. The van der Waals surface area contributed by atoms with E-state index in [0.29, 0.717) is 21.9 Å². The normalized spacial score (nSPS) is 16.3. The lowest BCUT2D eigenvalue weighted by atomic mass is 9.91. The van der Waals surface area contributed by atoms with Crippen LogP contribution in [0.4, 0.5) is 0 Å². The molecule has 128 valence electrons. The smallest absolute Gasteiger partial charge is 0.136 e. The topological polar surface area (TPSA) is 26.0 Å². The molecular weight excluding hydrogens is 330 g/mol. The van der Waals surface area contributed by atoms with E-state index in [0.717, 1.165) is 32.5 Å². The lowest BCUT2D eigenvalue weighted by Crippen LogP contribution is -1.92. The van der Waals surface area contributed by atoms with Crippen molar-refractivity contribution < 1.29 is 12.6 Å². The lowest BCUT2D eigenvalue weighted by molar-refractivity contribution is 0.669. The molecule has 0 radical (unpaired) electrons. The fraction of sp³-hybridized carbons (Fsp3) is 0.0800. The van der Waals surface area contributed by atoms with Crippen molar-refractivity contribution in [2.75, 3.05) is 0 Å². The van der Waals surface area contributed by atoms with E-state index in [1.165, 1.54) is 6.20 Å². The highest BCUT2D eigenvalue weighted by Crippen LogP contribution is 2.42. The van der Waals surface area contributed by atoms with Crippen LogP contribution >= 0.6 is 0 Å². The van der Waals surface area contributed by atoms with Gasteiger partial charge in [-0.2, -0.15) is 0 Å². The molecule has 0 saturated heterocycles. The van der Waals surface area contributed by atoms with Gasteiger partial charge < -0.3 is 4.42 Å². The van der Waals surface area contributed by atoms with Crippen molar-refractivity contribution in [2.45, 2.75) is 13.7 Å². The summed E-state index contributed by atoms with van der Waals surface area (Å²) in [6.07, 6.45) is 1.20. The third-order valence-electron chi connectivity index (χ3n) is 5.34. The van der Waals surface area contributed by atoms with E-state index in [1.54, 1.807) is 0 Å². The standard InChI is InChI=1S/C25H17NO/c1-14-13-26-25-17-8-4-3-7-16(17)23-19(22(25)15(14)2)11-12-21-24(23)18-9-5-6-10-20(18)27-21/h3-13H,1-2H3/i1D3,2D3. The van der Waals surface area contributed by atoms with Crippen molar-refractivity contribution in [2.24, 2.45) is 0 Å². The van der Waals surface area contributed by atoms with Crippen LogP contribution in [0.1, 0.15) is 19.4 Å². The summed E-state index contributed by atoms with van der Waals surface area (Å²) in [6, 6.07) is 19.0. The maximum atomic E-state index is 8.26. The van der Waals surface area contributed by atoms with Crippen LogP contribution in [-0.2, 0) is 0 Å². The van der Waals surface area contributed by atoms with Crippen LogP contribution in [0.25, 0.3) is 54.4 Å². The van der Waals surface area contributed by atoms with Gasteiger partial charge in [0.2, 0.25) is 0 Å². The minimum atomic E-state index is -2.65. The second-order valence-electron chi connectivity index (χ2n) is 6.78. The average Bonchev–Trinajstić information content (AvgIpc) is 3.15. The number of benzene rings is 4. The SMILES string of the molecule is [2H]C([2H])([2H])c1cnc2c3ccccc3c3c(ccc4oc5ccccc5c43)c2c1C([2H])([2H])[2H]. The van der Waals surface area contributed by atoms with Gasteiger partial charge >= 0.3 is 0 Å². The Balaban J connectivity index is 2.00.